The Kier molecular flexibility index (Phi) is 2.43. The minimum Gasteiger partial charge on any atom is -0.357 e. The molecule has 1 fully saturated rings. The maximum Gasteiger partial charge on any atom is 0.0538 e. The topological polar surface area (TPSA) is 19.0 Å². The van der Waals surface area contributed by atoms with Crippen LogP contribution in [0.25, 0.3) is 10.9 Å². The molecule has 21 heavy (non-hydrogen) atoms. The number of aromatic amines is 1. The number of nitrogens with zero attached hydrogens (tertiary/aromatic N) is 1. The predicted octanol–water partition coefficient (Wildman–Crippen LogP) is 4.05. The van der Waals surface area contributed by atoms with Gasteiger partial charge in [-0.05, 0) is 49.7 Å². The Labute approximate surface area is 125 Å². The summed E-state index contributed by atoms with van der Waals surface area (Å²) in [5.41, 5.74) is 4.44. The van der Waals surface area contributed by atoms with Crippen molar-refractivity contribution >= 4 is 10.9 Å². The van der Waals surface area contributed by atoms with E-state index in [-0.39, 0.29) is 0 Å². The molecule has 1 aromatic carbocycles. The molecule has 1 aliphatic carbocycles. The standard InChI is InChI=1S/C19H22N2/c1-12-10-16-15-8-4-5-9-17(15)20-18(16)19-14-7-3-2-6-13(14)11-21(12)19/h2-5,8-9,12-14,19-20H,6-7,10-11H2,1H3/t12-,13+,14+,19+/m1/s1. The number of rotatable bonds is 0. The van der Waals surface area contributed by atoms with Crippen molar-refractivity contribution in [2.45, 2.75) is 38.3 Å². The summed E-state index contributed by atoms with van der Waals surface area (Å²) in [5, 5.41) is 1.45. The van der Waals surface area contributed by atoms with Gasteiger partial charge in [0.1, 0.15) is 0 Å². The molecule has 0 saturated carbocycles. The van der Waals surface area contributed by atoms with Crippen LogP contribution in [-0.2, 0) is 6.42 Å². The van der Waals surface area contributed by atoms with Gasteiger partial charge in [0.2, 0.25) is 0 Å². The average molecular weight is 278 g/mol. The lowest BCUT2D eigenvalue weighted by atomic mass is 9.79. The Morgan fingerprint density at radius 1 is 1.14 bits per heavy atom. The highest BCUT2D eigenvalue weighted by molar-refractivity contribution is 5.85. The molecule has 2 aliphatic heterocycles. The van der Waals surface area contributed by atoms with Gasteiger partial charge in [0.05, 0.1) is 6.04 Å². The monoisotopic (exact) mass is 278 g/mol. The van der Waals surface area contributed by atoms with E-state index in [1.54, 1.807) is 5.56 Å². The van der Waals surface area contributed by atoms with Gasteiger partial charge in [-0.1, -0.05) is 30.4 Å². The van der Waals surface area contributed by atoms with Gasteiger partial charge in [-0.3, -0.25) is 4.90 Å². The van der Waals surface area contributed by atoms with Crippen molar-refractivity contribution in [2.24, 2.45) is 11.8 Å². The Morgan fingerprint density at radius 3 is 2.95 bits per heavy atom. The minimum atomic E-state index is 0.617. The third-order valence-corrected chi connectivity index (χ3v) is 6.04. The van der Waals surface area contributed by atoms with Crippen molar-refractivity contribution in [3.05, 3.63) is 47.7 Å². The van der Waals surface area contributed by atoms with Gasteiger partial charge < -0.3 is 4.98 Å². The molecule has 0 amide bonds. The summed E-state index contributed by atoms with van der Waals surface area (Å²) in [6, 6.07) is 10.1. The van der Waals surface area contributed by atoms with E-state index in [1.165, 1.54) is 42.4 Å². The van der Waals surface area contributed by atoms with Crippen LogP contribution < -0.4 is 0 Å². The van der Waals surface area contributed by atoms with Crippen molar-refractivity contribution in [2.75, 3.05) is 6.54 Å². The van der Waals surface area contributed by atoms with E-state index >= 15 is 0 Å². The molecule has 0 unspecified atom stereocenters. The Morgan fingerprint density at radius 2 is 2.00 bits per heavy atom. The van der Waals surface area contributed by atoms with Crippen LogP contribution in [0.2, 0.25) is 0 Å². The highest BCUT2D eigenvalue weighted by Gasteiger charge is 2.47. The smallest absolute Gasteiger partial charge is 0.0538 e. The summed E-state index contributed by atoms with van der Waals surface area (Å²) >= 11 is 0. The number of hydrogen-bond donors (Lipinski definition) is 1. The highest BCUT2D eigenvalue weighted by Crippen LogP contribution is 2.51. The maximum atomic E-state index is 3.78. The Bertz CT molecular complexity index is 726. The number of allylic oxidation sites excluding steroid dienone is 2. The summed E-state index contributed by atoms with van der Waals surface area (Å²) in [5.74, 6) is 1.67. The van der Waals surface area contributed by atoms with Crippen LogP contribution in [0.1, 0.15) is 37.1 Å². The van der Waals surface area contributed by atoms with Crippen molar-refractivity contribution in [3.63, 3.8) is 0 Å². The molecule has 1 saturated heterocycles. The molecule has 5 rings (SSSR count). The summed E-state index contributed by atoms with van der Waals surface area (Å²) in [6.07, 6.45) is 8.54. The molecule has 3 aliphatic rings. The summed E-state index contributed by atoms with van der Waals surface area (Å²) < 4.78 is 0. The SMILES string of the molecule is C[C@@H]1Cc2c([nH]c3ccccc23)[C@@H]2[C@H]3CC=CC[C@H]3CN12. The largest absolute Gasteiger partial charge is 0.357 e. The summed E-state index contributed by atoms with van der Waals surface area (Å²) in [6.45, 7) is 3.71. The normalized spacial score (nSPS) is 34.7. The molecule has 3 heterocycles. The maximum absolute atomic E-state index is 3.78. The molecule has 4 atom stereocenters. The molecular formula is C19H22N2. The van der Waals surface area contributed by atoms with E-state index in [1.807, 2.05) is 0 Å². The second-order valence-electron chi connectivity index (χ2n) is 7.12. The molecule has 1 N–H and O–H groups in total. The van der Waals surface area contributed by atoms with Gasteiger partial charge in [-0.15, -0.1) is 0 Å². The lowest BCUT2D eigenvalue weighted by Gasteiger charge is -2.37. The van der Waals surface area contributed by atoms with Crippen molar-refractivity contribution < 1.29 is 0 Å². The lowest BCUT2D eigenvalue weighted by molar-refractivity contribution is 0.153. The van der Waals surface area contributed by atoms with Gasteiger partial charge in [0.25, 0.3) is 0 Å². The molecule has 2 aromatic rings. The third kappa shape index (κ3) is 1.57. The molecule has 1 aromatic heterocycles. The Hall–Kier alpha value is -1.54. The number of fused-ring (bicyclic) bond motifs is 7. The van der Waals surface area contributed by atoms with E-state index < -0.39 is 0 Å². The van der Waals surface area contributed by atoms with Crippen LogP contribution in [0.5, 0.6) is 0 Å². The van der Waals surface area contributed by atoms with E-state index in [0.717, 1.165) is 11.8 Å². The first-order valence-electron chi connectivity index (χ1n) is 8.33. The van der Waals surface area contributed by atoms with Crippen LogP contribution in [0, 0.1) is 11.8 Å². The molecule has 108 valence electrons. The second-order valence-corrected chi connectivity index (χ2v) is 7.12. The van der Waals surface area contributed by atoms with Crippen LogP contribution in [0.4, 0.5) is 0 Å². The average Bonchev–Trinajstić information content (AvgIpc) is 3.06. The third-order valence-electron chi connectivity index (χ3n) is 6.04. The zero-order chi connectivity index (χ0) is 14.0. The van der Waals surface area contributed by atoms with E-state index in [0.29, 0.717) is 12.1 Å². The van der Waals surface area contributed by atoms with Gasteiger partial charge in [0, 0.05) is 29.2 Å². The zero-order valence-corrected chi connectivity index (χ0v) is 12.5. The quantitative estimate of drug-likeness (QED) is 0.720. The van der Waals surface area contributed by atoms with Crippen LogP contribution in [0.3, 0.4) is 0 Å². The first kappa shape index (κ1) is 12.0. The van der Waals surface area contributed by atoms with Gasteiger partial charge >= 0.3 is 0 Å². The zero-order valence-electron chi connectivity index (χ0n) is 12.5. The molecule has 2 nitrogen and oxygen atoms in total. The predicted molar refractivity (Wildman–Crippen MR) is 86.3 cm³/mol. The summed E-state index contributed by atoms with van der Waals surface area (Å²) in [7, 11) is 0. The number of H-pyrrole nitrogens is 1. The first-order chi connectivity index (χ1) is 10.3. The first-order valence-corrected chi connectivity index (χ1v) is 8.33. The fourth-order valence-electron chi connectivity index (χ4n) is 5.06. The fraction of sp³-hybridized carbons (Fsp3) is 0.474. The van der Waals surface area contributed by atoms with Crippen LogP contribution in [-0.4, -0.2) is 22.5 Å². The Balaban J connectivity index is 1.70. The molecular weight excluding hydrogens is 256 g/mol. The second kappa shape index (κ2) is 4.23. The van der Waals surface area contributed by atoms with Crippen molar-refractivity contribution in [1.29, 1.82) is 0 Å². The lowest BCUT2D eigenvalue weighted by Crippen LogP contribution is -2.39. The van der Waals surface area contributed by atoms with E-state index in [4.69, 9.17) is 0 Å². The van der Waals surface area contributed by atoms with Crippen molar-refractivity contribution in [3.8, 4) is 0 Å². The molecule has 2 heteroatoms. The highest BCUT2D eigenvalue weighted by atomic mass is 15.2. The van der Waals surface area contributed by atoms with E-state index in [2.05, 4.69) is 53.2 Å². The minimum absolute atomic E-state index is 0.617. The fourth-order valence-corrected chi connectivity index (χ4v) is 5.06. The van der Waals surface area contributed by atoms with Crippen LogP contribution >= 0.6 is 0 Å². The number of para-hydroxylation sites is 1. The number of nitrogens with one attached hydrogen (secondary N) is 1. The van der Waals surface area contributed by atoms with Crippen LogP contribution in [0.15, 0.2) is 36.4 Å². The van der Waals surface area contributed by atoms with Crippen molar-refractivity contribution in [1.82, 2.24) is 9.88 Å². The molecule has 0 bridgehead atoms. The number of hydrogen-bond acceptors (Lipinski definition) is 1. The van der Waals surface area contributed by atoms with Gasteiger partial charge in [-0.25, -0.2) is 0 Å². The van der Waals surface area contributed by atoms with Gasteiger partial charge in [-0.2, -0.15) is 0 Å². The molecule has 0 spiro atoms. The number of aromatic nitrogens is 1. The molecule has 0 radical (unpaired) electrons. The van der Waals surface area contributed by atoms with Gasteiger partial charge in [0.15, 0.2) is 0 Å². The van der Waals surface area contributed by atoms with E-state index in [9.17, 15) is 0 Å². The summed E-state index contributed by atoms with van der Waals surface area (Å²) in [4.78, 5) is 6.55. The number of benzene rings is 1.